The average molecular weight is 556 g/mol. The summed E-state index contributed by atoms with van der Waals surface area (Å²) in [6, 6.07) is 8.94. The summed E-state index contributed by atoms with van der Waals surface area (Å²) in [5.74, 6) is 1.68. The number of rotatable bonds is 11. The van der Waals surface area contributed by atoms with Gasteiger partial charge >= 0.3 is 0 Å². The molecule has 0 saturated heterocycles. The predicted molar refractivity (Wildman–Crippen MR) is 140 cm³/mol. The molecule has 7 nitrogen and oxygen atoms in total. The van der Waals surface area contributed by atoms with Gasteiger partial charge in [0, 0.05) is 38.4 Å². The molecule has 1 saturated carbocycles. The minimum absolute atomic E-state index is 0. The van der Waals surface area contributed by atoms with Crippen molar-refractivity contribution in [3.05, 3.63) is 47.3 Å². The topological polar surface area (TPSA) is 72.7 Å². The first kappa shape index (κ1) is 26.4. The van der Waals surface area contributed by atoms with Gasteiger partial charge in [-0.15, -0.1) is 24.0 Å². The van der Waals surface area contributed by atoms with Crippen LogP contribution in [-0.2, 0) is 17.8 Å². The Balaban J connectivity index is 0.00000363. The Morgan fingerprint density at radius 3 is 2.75 bits per heavy atom. The summed E-state index contributed by atoms with van der Waals surface area (Å²) in [5, 5.41) is 11.5. The van der Waals surface area contributed by atoms with E-state index in [0.29, 0.717) is 32.3 Å². The minimum Gasteiger partial charge on any atom is -0.493 e. The number of aromatic nitrogens is 2. The third-order valence-electron chi connectivity index (χ3n) is 5.52. The van der Waals surface area contributed by atoms with Crippen molar-refractivity contribution in [2.24, 2.45) is 4.99 Å². The number of guanidine groups is 1. The minimum atomic E-state index is 0. The smallest absolute Gasteiger partial charge is 0.191 e. The van der Waals surface area contributed by atoms with Gasteiger partial charge in [0.25, 0.3) is 0 Å². The Morgan fingerprint density at radius 2 is 2.00 bits per heavy atom. The number of nitrogens with one attached hydrogen (secondary N) is 2. The first-order chi connectivity index (χ1) is 15.2. The molecule has 0 atom stereocenters. The third kappa shape index (κ3) is 8.27. The molecule has 0 bridgehead atoms. The molecule has 0 aliphatic heterocycles. The number of aryl methyl sites for hydroxylation is 1. The second-order valence-electron chi connectivity index (χ2n) is 8.08. The molecule has 1 aliphatic rings. The van der Waals surface area contributed by atoms with E-state index in [-0.39, 0.29) is 24.0 Å². The van der Waals surface area contributed by atoms with E-state index in [1.54, 1.807) is 7.11 Å². The molecular formula is C24H38IN5O2. The monoisotopic (exact) mass is 555 g/mol. The van der Waals surface area contributed by atoms with E-state index in [1.165, 1.54) is 31.2 Å². The highest BCUT2D eigenvalue weighted by molar-refractivity contribution is 14.0. The highest BCUT2D eigenvalue weighted by Gasteiger charge is 2.17. The SMILES string of the molecule is CCNC(=NCc1ccc(C)cc1OCCCOC)NCc1ccn(C2CCCC2)n1.I. The van der Waals surface area contributed by atoms with Gasteiger partial charge in [-0.25, -0.2) is 4.99 Å². The highest BCUT2D eigenvalue weighted by Crippen LogP contribution is 2.28. The predicted octanol–water partition coefficient (Wildman–Crippen LogP) is 4.60. The van der Waals surface area contributed by atoms with Gasteiger partial charge < -0.3 is 20.1 Å². The molecule has 0 spiro atoms. The first-order valence-corrected chi connectivity index (χ1v) is 11.5. The highest BCUT2D eigenvalue weighted by atomic mass is 127. The molecule has 32 heavy (non-hydrogen) atoms. The zero-order valence-electron chi connectivity index (χ0n) is 19.6. The van der Waals surface area contributed by atoms with Crippen LogP contribution >= 0.6 is 24.0 Å². The van der Waals surface area contributed by atoms with Crippen molar-refractivity contribution in [1.29, 1.82) is 0 Å². The zero-order valence-corrected chi connectivity index (χ0v) is 21.9. The van der Waals surface area contributed by atoms with Crippen LogP contribution in [0.25, 0.3) is 0 Å². The van der Waals surface area contributed by atoms with Gasteiger partial charge in [-0.1, -0.05) is 25.0 Å². The molecule has 0 radical (unpaired) electrons. The molecule has 1 aliphatic carbocycles. The van der Waals surface area contributed by atoms with Crippen LogP contribution in [0.1, 0.15) is 61.9 Å². The van der Waals surface area contributed by atoms with E-state index >= 15 is 0 Å². The summed E-state index contributed by atoms with van der Waals surface area (Å²) >= 11 is 0. The Labute approximate surface area is 209 Å². The lowest BCUT2D eigenvalue weighted by molar-refractivity contribution is 0.172. The Hall–Kier alpha value is -1.81. The zero-order chi connectivity index (χ0) is 21.9. The van der Waals surface area contributed by atoms with Crippen molar-refractivity contribution in [2.75, 3.05) is 26.9 Å². The number of aliphatic imine (C=N–C) groups is 1. The van der Waals surface area contributed by atoms with Crippen molar-refractivity contribution in [3.63, 3.8) is 0 Å². The molecule has 1 aromatic heterocycles. The van der Waals surface area contributed by atoms with Gasteiger partial charge in [0.1, 0.15) is 5.75 Å². The maximum absolute atomic E-state index is 5.99. The van der Waals surface area contributed by atoms with E-state index in [9.17, 15) is 0 Å². The number of methoxy groups -OCH3 is 1. The van der Waals surface area contributed by atoms with E-state index in [1.807, 2.05) is 0 Å². The summed E-state index contributed by atoms with van der Waals surface area (Å²) in [5.41, 5.74) is 3.29. The lowest BCUT2D eigenvalue weighted by atomic mass is 10.1. The van der Waals surface area contributed by atoms with E-state index in [4.69, 9.17) is 19.6 Å². The van der Waals surface area contributed by atoms with E-state index in [0.717, 1.165) is 35.9 Å². The number of nitrogens with zero attached hydrogens (tertiary/aromatic N) is 3. The first-order valence-electron chi connectivity index (χ1n) is 11.5. The molecular weight excluding hydrogens is 517 g/mol. The standard InChI is InChI=1S/C24H37N5O2.HI/c1-4-25-24(27-18-21-12-13-29(28-21)22-8-5-6-9-22)26-17-20-11-10-19(2)16-23(20)31-15-7-14-30-3;/h10-13,16,22H,4-9,14-15,17-18H2,1-3H3,(H2,25,26,27);1H. The average Bonchev–Trinajstić information content (AvgIpc) is 3.46. The summed E-state index contributed by atoms with van der Waals surface area (Å²) in [4.78, 5) is 4.77. The van der Waals surface area contributed by atoms with Crippen LogP contribution in [0.2, 0.25) is 0 Å². The van der Waals surface area contributed by atoms with Crippen LogP contribution in [0.3, 0.4) is 0 Å². The molecule has 2 N–H and O–H groups in total. The Bertz CT molecular complexity index is 834. The van der Waals surface area contributed by atoms with Crippen LogP contribution in [-0.4, -0.2) is 42.6 Å². The van der Waals surface area contributed by atoms with Crippen molar-refractivity contribution < 1.29 is 9.47 Å². The molecule has 1 heterocycles. The summed E-state index contributed by atoms with van der Waals surface area (Å²) in [6.07, 6.45) is 8.08. The number of benzene rings is 1. The van der Waals surface area contributed by atoms with Crippen molar-refractivity contribution in [1.82, 2.24) is 20.4 Å². The quantitative estimate of drug-likeness (QED) is 0.184. The maximum Gasteiger partial charge on any atom is 0.191 e. The lowest BCUT2D eigenvalue weighted by Crippen LogP contribution is -2.37. The Kier molecular flexibility index (Phi) is 11.9. The molecule has 0 amide bonds. The van der Waals surface area contributed by atoms with Gasteiger partial charge in [0.05, 0.1) is 31.4 Å². The van der Waals surface area contributed by atoms with Crippen molar-refractivity contribution in [3.8, 4) is 5.75 Å². The van der Waals surface area contributed by atoms with Gasteiger partial charge in [-0.2, -0.15) is 5.10 Å². The van der Waals surface area contributed by atoms with Crippen LogP contribution < -0.4 is 15.4 Å². The van der Waals surface area contributed by atoms with Gasteiger partial charge in [-0.05, 0) is 44.4 Å². The molecule has 1 fully saturated rings. The van der Waals surface area contributed by atoms with E-state index < -0.39 is 0 Å². The fraction of sp³-hybridized carbons (Fsp3) is 0.583. The largest absolute Gasteiger partial charge is 0.493 e. The van der Waals surface area contributed by atoms with Crippen LogP contribution in [0.15, 0.2) is 35.5 Å². The van der Waals surface area contributed by atoms with Gasteiger partial charge in [0.15, 0.2) is 5.96 Å². The van der Waals surface area contributed by atoms with Crippen LogP contribution in [0.5, 0.6) is 5.75 Å². The molecule has 2 aromatic rings. The molecule has 3 rings (SSSR count). The van der Waals surface area contributed by atoms with E-state index in [2.05, 4.69) is 59.6 Å². The molecule has 178 valence electrons. The number of halogens is 1. The fourth-order valence-electron chi connectivity index (χ4n) is 3.84. The summed E-state index contributed by atoms with van der Waals surface area (Å²) in [7, 11) is 1.71. The second kappa shape index (κ2) is 14.4. The third-order valence-corrected chi connectivity index (χ3v) is 5.52. The van der Waals surface area contributed by atoms with Crippen molar-refractivity contribution >= 4 is 29.9 Å². The normalized spacial score (nSPS) is 14.3. The van der Waals surface area contributed by atoms with Crippen LogP contribution in [0, 0.1) is 6.92 Å². The number of hydrogen-bond donors (Lipinski definition) is 2. The summed E-state index contributed by atoms with van der Waals surface area (Å²) < 4.78 is 13.2. The maximum atomic E-state index is 5.99. The Morgan fingerprint density at radius 1 is 1.19 bits per heavy atom. The van der Waals surface area contributed by atoms with Gasteiger partial charge in [0.2, 0.25) is 0 Å². The second-order valence-corrected chi connectivity index (χ2v) is 8.08. The molecule has 8 heteroatoms. The lowest BCUT2D eigenvalue weighted by Gasteiger charge is -2.13. The fourth-order valence-corrected chi connectivity index (χ4v) is 3.84. The van der Waals surface area contributed by atoms with Crippen LogP contribution in [0.4, 0.5) is 0 Å². The summed E-state index contributed by atoms with van der Waals surface area (Å²) in [6.45, 7) is 7.48. The van der Waals surface area contributed by atoms with Crippen molar-refractivity contribution in [2.45, 2.75) is 65.1 Å². The molecule has 1 aromatic carbocycles. The number of hydrogen-bond acceptors (Lipinski definition) is 4. The molecule has 0 unspecified atom stereocenters. The number of ether oxygens (including phenoxy) is 2. The van der Waals surface area contributed by atoms with Gasteiger partial charge in [-0.3, -0.25) is 4.68 Å².